The van der Waals surface area contributed by atoms with Crippen LogP contribution in [0.2, 0.25) is 0 Å². The van der Waals surface area contributed by atoms with Crippen LogP contribution in [0.3, 0.4) is 0 Å². The molecule has 1 aromatic rings. The first kappa shape index (κ1) is 23.3. The first-order valence-corrected chi connectivity index (χ1v) is 13.0. The van der Waals surface area contributed by atoms with E-state index < -0.39 is 10.0 Å². The highest BCUT2D eigenvalue weighted by atomic mass is 32.2. The van der Waals surface area contributed by atoms with Gasteiger partial charge in [-0.15, -0.1) is 0 Å². The maximum atomic E-state index is 11.7. The minimum Gasteiger partial charge on any atom is -0.490 e. The normalized spacial score (nSPS) is 21.3. The fourth-order valence-electron chi connectivity index (χ4n) is 4.52. The Bertz CT molecular complexity index is 832. The molecule has 0 radical (unpaired) electrons. The highest BCUT2D eigenvalue weighted by Crippen LogP contribution is 2.29. The summed E-state index contributed by atoms with van der Waals surface area (Å²) in [5.74, 6) is 1.52. The fourth-order valence-corrected chi connectivity index (χ4v) is 5.29. The summed E-state index contributed by atoms with van der Waals surface area (Å²) in [6.45, 7) is 13.6. The number of piperidine rings is 1. The van der Waals surface area contributed by atoms with Gasteiger partial charge in [0.2, 0.25) is 10.0 Å². The smallest absolute Gasteiger partial charge is 0.211 e. The third-order valence-corrected chi connectivity index (χ3v) is 7.45. The Labute approximate surface area is 183 Å². The third kappa shape index (κ3) is 6.56. The van der Waals surface area contributed by atoms with Gasteiger partial charge in [-0.25, -0.2) is 8.42 Å². The molecule has 3 rings (SSSR count). The summed E-state index contributed by atoms with van der Waals surface area (Å²) in [5, 5.41) is 0. The molecule has 2 heterocycles. The molecule has 1 aromatic carbocycles. The molecule has 1 saturated heterocycles. The van der Waals surface area contributed by atoms with Crippen LogP contribution in [0.5, 0.6) is 5.75 Å². The highest BCUT2D eigenvalue weighted by Gasteiger charge is 2.27. The van der Waals surface area contributed by atoms with E-state index in [1.54, 1.807) is 0 Å². The summed E-state index contributed by atoms with van der Waals surface area (Å²) in [7, 11) is -3.11. The molecule has 5 nitrogen and oxygen atoms in total. The molecule has 1 unspecified atom stereocenters. The van der Waals surface area contributed by atoms with Crippen LogP contribution in [0.4, 0.5) is 0 Å². The van der Waals surface area contributed by atoms with Crippen molar-refractivity contribution in [1.82, 2.24) is 9.21 Å². The Morgan fingerprint density at radius 1 is 1.10 bits per heavy atom. The minimum absolute atomic E-state index is 0.213. The molecule has 6 heteroatoms. The second-order valence-corrected chi connectivity index (χ2v) is 12.1. The van der Waals surface area contributed by atoms with Gasteiger partial charge in [-0.1, -0.05) is 39.0 Å². The van der Waals surface area contributed by atoms with Crippen molar-refractivity contribution < 1.29 is 13.2 Å². The molecule has 0 aliphatic carbocycles. The predicted octanol–water partition coefficient (Wildman–Crippen LogP) is 4.26. The van der Waals surface area contributed by atoms with Crippen molar-refractivity contribution in [2.45, 2.75) is 53.1 Å². The van der Waals surface area contributed by atoms with Gasteiger partial charge in [0.15, 0.2) is 0 Å². The van der Waals surface area contributed by atoms with Crippen LogP contribution >= 0.6 is 0 Å². The van der Waals surface area contributed by atoms with E-state index in [9.17, 15) is 8.42 Å². The van der Waals surface area contributed by atoms with E-state index in [0.29, 0.717) is 24.4 Å². The molecular formula is C24H38N2O3S. The van der Waals surface area contributed by atoms with Crippen LogP contribution in [0.1, 0.15) is 52.5 Å². The first-order valence-electron chi connectivity index (χ1n) is 11.1. The number of sulfonamides is 1. The molecule has 0 saturated carbocycles. The molecular weight excluding hydrogens is 396 g/mol. The Morgan fingerprint density at radius 2 is 1.73 bits per heavy atom. The lowest BCUT2D eigenvalue weighted by molar-refractivity contribution is 0.0737. The van der Waals surface area contributed by atoms with Crippen LogP contribution < -0.4 is 4.74 Å². The molecule has 0 bridgehead atoms. The van der Waals surface area contributed by atoms with Crippen molar-refractivity contribution in [1.29, 1.82) is 0 Å². The van der Waals surface area contributed by atoms with E-state index in [-0.39, 0.29) is 6.10 Å². The van der Waals surface area contributed by atoms with E-state index in [4.69, 9.17) is 4.74 Å². The first-order chi connectivity index (χ1) is 14.0. The van der Waals surface area contributed by atoms with Gasteiger partial charge in [-0.2, -0.15) is 4.31 Å². The van der Waals surface area contributed by atoms with Gasteiger partial charge in [-0.05, 0) is 73.9 Å². The Kier molecular flexibility index (Phi) is 7.31. The van der Waals surface area contributed by atoms with E-state index in [2.05, 4.69) is 44.7 Å². The Balaban J connectivity index is 1.51. The molecule has 30 heavy (non-hydrogen) atoms. The number of likely N-dealkylation sites (tertiary alicyclic amines) is 1. The molecule has 2 aliphatic heterocycles. The predicted molar refractivity (Wildman–Crippen MR) is 124 cm³/mol. The van der Waals surface area contributed by atoms with Crippen LogP contribution in [0, 0.1) is 11.3 Å². The lowest BCUT2D eigenvalue weighted by Gasteiger charge is -2.37. The molecule has 1 atom stereocenters. The number of hydrogen-bond donors (Lipinski definition) is 0. The van der Waals surface area contributed by atoms with Crippen LogP contribution in [0.15, 0.2) is 30.3 Å². The third-order valence-electron chi connectivity index (χ3n) is 6.18. The Hall–Kier alpha value is -1.37. The van der Waals surface area contributed by atoms with Gasteiger partial charge in [0, 0.05) is 19.6 Å². The van der Waals surface area contributed by atoms with Gasteiger partial charge in [-0.3, -0.25) is 0 Å². The van der Waals surface area contributed by atoms with Gasteiger partial charge in [0.1, 0.15) is 5.75 Å². The van der Waals surface area contributed by atoms with Crippen molar-refractivity contribution in [3.63, 3.8) is 0 Å². The molecule has 0 N–H and O–H groups in total. The van der Waals surface area contributed by atoms with Crippen molar-refractivity contribution in [2.24, 2.45) is 11.3 Å². The molecule has 0 spiro atoms. The number of ether oxygens (including phenoxy) is 1. The molecule has 0 aromatic heterocycles. The summed E-state index contributed by atoms with van der Waals surface area (Å²) < 4.78 is 31.1. The maximum absolute atomic E-state index is 11.7. The van der Waals surface area contributed by atoms with Crippen molar-refractivity contribution >= 4 is 15.6 Å². The van der Waals surface area contributed by atoms with Gasteiger partial charge in [0.05, 0.1) is 12.4 Å². The van der Waals surface area contributed by atoms with Crippen molar-refractivity contribution in [3.05, 3.63) is 35.9 Å². The van der Waals surface area contributed by atoms with E-state index in [1.807, 2.05) is 18.2 Å². The monoisotopic (exact) mass is 434 g/mol. The molecule has 2 aliphatic rings. The highest BCUT2D eigenvalue weighted by molar-refractivity contribution is 7.88. The summed E-state index contributed by atoms with van der Waals surface area (Å²) in [6, 6.07) is 8.28. The summed E-state index contributed by atoms with van der Waals surface area (Å²) >= 11 is 0. The SMILES string of the molecule is CC(Oc1ccc(C2=CCN(S(C)(=O)=O)CC2)cc1)C1CCN(CC(C)(C)C)CC1. The van der Waals surface area contributed by atoms with Crippen molar-refractivity contribution in [2.75, 3.05) is 39.0 Å². The number of nitrogens with zero attached hydrogens (tertiary/aromatic N) is 2. The number of rotatable bonds is 6. The zero-order chi connectivity index (χ0) is 21.9. The summed E-state index contributed by atoms with van der Waals surface area (Å²) in [4.78, 5) is 2.58. The summed E-state index contributed by atoms with van der Waals surface area (Å²) in [5.41, 5.74) is 2.72. The van der Waals surface area contributed by atoms with Gasteiger partial charge < -0.3 is 9.64 Å². The van der Waals surface area contributed by atoms with Gasteiger partial charge in [0.25, 0.3) is 0 Å². The van der Waals surface area contributed by atoms with E-state index in [1.165, 1.54) is 29.0 Å². The second kappa shape index (κ2) is 9.41. The largest absolute Gasteiger partial charge is 0.490 e. The zero-order valence-electron chi connectivity index (χ0n) is 19.2. The Morgan fingerprint density at radius 3 is 2.23 bits per heavy atom. The maximum Gasteiger partial charge on any atom is 0.211 e. The molecule has 0 amide bonds. The standard InChI is InChI=1S/C24H38N2O3S/c1-19(20-10-14-25(15-11-20)18-24(2,3)4)29-23-8-6-21(7-9-23)22-12-16-26(17-13-22)30(5,27)28/h6-9,12,19-20H,10-11,13-18H2,1-5H3. The van der Waals surface area contributed by atoms with Crippen molar-refractivity contribution in [3.8, 4) is 5.75 Å². The average Bonchev–Trinajstić information content (AvgIpc) is 2.67. The lowest BCUT2D eigenvalue weighted by Crippen LogP contribution is -2.42. The average molecular weight is 435 g/mol. The topological polar surface area (TPSA) is 49.9 Å². The van der Waals surface area contributed by atoms with E-state index in [0.717, 1.165) is 37.4 Å². The van der Waals surface area contributed by atoms with E-state index >= 15 is 0 Å². The number of hydrogen-bond acceptors (Lipinski definition) is 4. The zero-order valence-corrected chi connectivity index (χ0v) is 20.0. The quantitative estimate of drug-likeness (QED) is 0.671. The van der Waals surface area contributed by atoms with Crippen LogP contribution in [0.25, 0.3) is 5.57 Å². The lowest BCUT2D eigenvalue weighted by atomic mass is 9.89. The number of benzene rings is 1. The van der Waals surface area contributed by atoms with Crippen LogP contribution in [-0.4, -0.2) is 62.7 Å². The minimum atomic E-state index is -3.11. The van der Waals surface area contributed by atoms with Gasteiger partial charge >= 0.3 is 0 Å². The molecule has 1 fully saturated rings. The summed E-state index contributed by atoms with van der Waals surface area (Å²) in [6.07, 6.45) is 6.64. The molecule has 168 valence electrons. The second-order valence-electron chi connectivity index (χ2n) is 10.1. The van der Waals surface area contributed by atoms with Crippen LogP contribution in [-0.2, 0) is 10.0 Å². The fraction of sp³-hybridized carbons (Fsp3) is 0.667.